The number of amides is 3. The minimum atomic E-state index is -0.501. The zero-order valence-corrected chi connectivity index (χ0v) is 14.0. The van der Waals surface area contributed by atoms with Crippen molar-refractivity contribution in [1.82, 2.24) is 15.6 Å². The molecule has 0 aliphatic heterocycles. The van der Waals surface area contributed by atoms with Gasteiger partial charge in [-0.15, -0.1) is 11.3 Å². The first kappa shape index (κ1) is 16.7. The summed E-state index contributed by atoms with van der Waals surface area (Å²) in [5.74, 6) is 0.0364. The van der Waals surface area contributed by atoms with Gasteiger partial charge in [0.05, 0.1) is 17.1 Å². The van der Waals surface area contributed by atoms with Gasteiger partial charge in [0.15, 0.2) is 0 Å². The number of nitrogens with two attached hydrogens (primary N) is 1. The molecule has 128 valence electrons. The van der Waals surface area contributed by atoms with E-state index in [2.05, 4.69) is 15.6 Å². The summed E-state index contributed by atoms with van der Waals surface area (Å²) < 4.78 is 5.39. The average Bonchev–Trinajstić information content (AvgIpc) is 3.29. The molecule has 0 atom stereocenters. The monoisotopic (exact) mass is 356 g/mol. The second kappa shape index (κ2) is 7.63. The molecule has 3 aromatic rings. The van der Waals surface area contributed by atoms with Crippen molar-refractivity contribution in [2.75, 3.05) is 0 Å². The van der Waals surface area contributed by atoms with Gasteiger partial charge in [0.2, 0.25) is 11.8 Å². The summed E-state index contributed by atoms with van der Waals surface area (Å²) in [6, 6.07) is 10.3. The SMILES string of the molecule is NC(=O)c1cccc(CNC(=O)NCc2coc(-c3cccs3)n2)c1. The quantitative estimate of drug-likeness (QED) is 0.630. The number of hydrogen-bond donors (Lipinski definition) is 3. The maximum atomic E-state index is 11.9. The van der Waals surface area contributed by atoms with Crippen molar-refractivity contribution in [3.63, 3.8) is 0 Å². The van der Waals surface area contributed by atoms with Gasteiger partial charge in [-0.1, -0.05) is 18.2 Å². The zero-order valence-electron chi connectivity index (χ0n) is 13.2. The van der Waals surface area contributed by atoms with Crippen molar-refractivity contribution < 1.29 is 14.0 Å². The summed E-state index contributed by atoms with van der Waals surface area (Å²) in [4.78, 5) is 28.3. The Morgan fingerprint density at radius 1 is 1.16 bits per heavy atom. The summed E-state index contributed by atoms with van der Waals surface area (Å²) in [7, 11) is 0. The number of rotatable bonds is 6. The van der Waals surface area contributed by atoms with Crippen molar-refractivity contribution in [3.05, 3.63) is 64.9 Å². The maximum absolute atomic E-state index is 11.9. The molecule has 0 saturated carbocycles. The third-order valence-corrected chi connectivity index (χ3v) is 4.24. The molecule has 3 rings (SSSR count). The minimum absolute atomic E-state index is 0.252. The maximum Gasteiger partial charge on any atom is 0.315 e. The van der Waals surface area contributed by atoms with E-state index in [-0.39, 0.29) is 19.1 Å². The summed E-state index contributed by atoms with van der Waals surface area (Å²) in [6.45, 7) is 0.536. The molecule has 0 fully saturated rings. The van der Waals surface area contributed by atoms with Crippen LogP contribution in [0, 0.1) is 0 Å². The van der Waals surface area contributed by atoms with E-state index in [1.807, 2.05) is 17.5 Å². The highest BCUT2D eigenvalue weighted by molar-refractivity contribution is 7.13. The summed E-state index contributed by atoms with van der Waals surface area (Å²) in [5, 5.41) is 7.36. The van der Waals surface area contributed by atoms with Crippen LogP contribution in [0.4, 0.5) is 4.79 Å². The van der Waals surface area contributed by atoms with Crippen molar-refractivity contribution >= 4 is 23.3 Å². The van der Waals surface area contributed by atoms with E-state index in [0.717, 1.165) is 10.4 Å². The van der Waals surface area contributed by atoms with Crippen molar-refractivity contribution in [3.8, 4) is 10.8 Å². The molecule has 7 nitrogen and oxygen atoms in total. The lowest BCUT2D eigenvalue weighted by Crippen LogP contribution is -2.34. The van der Waals surface area contributed by atoms with Crippen LogP contribution in [0.5, 0.6) is 0 Å². The van der Waals surface area contributed by atoms with Gasteiger partial charge < -0.3 is 20.8 Å². The molecule has 0 aliphatic rings. The molecule has 25 heavy (non-hydrogen) atoms. The molecule has 1 aromatic carbocycles. The van der Waals surface area contributed by atoms with Crippen LogP contribution >= 0.6 is 11.3 Å². The lowest BCUT2D eigenvalue weighted by Gasteiger charge is -2.07. The van der Waals surface area contributed by atoms with Gasteiger partial charge in [0, 0.05) is 12.1 Å². The van der Waals surface area contributed by atoms with E-state index in [1.165, 1.54) is 17.6 Å². The smallest absolute Gasteiger partial charge is 0.315 e. The van der Waals surface area contributed by atoms with Gasteiger partial charge in [-0.3, -0.25) is 4.79 Å². The highest BCUT2D eigenvalue weighted by Gasteiger charge is 2.09. The number of urea groups is 1. The summed E-state index contributed by atoms with van der Waals surface area (Å²) in [5.41, 5.74) is 7.06. The van der Waals surface area contributed by atoms with Crippen LogP contribution in [0.3, 0.4) is 0 Å². The molecule has 0 saturated heterocycles. The Bertz CT molecular complexity index is 874. The standard InChI is InChI=1S/C17H16N4O3S/c18-15(22)12-4-1-3-11(7-12)8-19-17(23)20-9-13-10-24-16(21-13)14-5-2-6-25-14/h1-7,10H,8-9H2,(H2,18,22)(H2,19,20,23). The van der Waals surface area contributed by atoms with Crippen molar-refractivity contribution in [2.45, 2.75) is 13.1 Å². The largest absolute Gasteiger partial charge is 0.443 e. The molecule has 2 aromatic heterocycles. The highest BCUT2D eigenvalue weighted by Crippen LogP contribution is 2.23. The van der Waals surface area contributed by atoms with Crippen LogP contribution in [0.25, 0.3) is 10.8 Å². The first-order valence-electron chi connectivity index (χ1n) is 7.50. The number of oxazole rings is 1. The molecule has 4 N–H and O–H groups in total. The van der Waals surface area contributed by atoms with E-state index in [1.54, 1.807) is 24.3 Å². The topological polar surface area (TPSA) is 110 Å². The normalized spacial score (nSPS) is 10.4. The lowest BCUT2D eigenvalue weighted by atomic mass is 10.1. The average molecular weight is 356 g/mol. The predicted octanol–water partition coefficient (Wildman–Crippen LogP) is 2.50. The molecular formula is C17H16N4O3S. The number of benzene rings is 1. The number of nitrogens with one attached hydrogen (secondary N) is 2. The number of aromatic nitrogens is 1. The number of primary amides is 1. The van der Waals surface area contributed by atoms with Gasteiger partial charge in [0.25, 0.3) is 0 Å². The molecule has 0 aliphatic carbocycles. The van der Waals surface area contributed by atoms with Crippen LogP contribution in [-0.2, 0) is 13.1 Å². The molecule has 8 heteroatoms. The van der Waals surface area contributed by atoms with Gasteiger partial charge in [-0.2, -0.15) is 0 Å². The number of thiophene rings is 1. The number of nitrogens with zero attached hydrogens (tertiary/aromatic N) is 1. The van der Waals surface area contributed by atoms with E-state index >= 15 is 0 Å². The molecule has 0 bridgehead atoms. The minimum Gasteiger partial charge on any atom is -0.443 e. The fourth-order valence-corrected chi connectivity index (χ4v) is 2.81. The Morgan fingerprint density at radius 3 is 2.76 bits per heavy atom. The Morgan fingerprint density at radius 2 is 2.00 bits per heavy atom. The van der Waals surface area contributed by atoms with E-state index in [4.69, 9.17) is 10.2 Å². The molecule has 0 unspecified atom stereocenters. The lowest BCUT2D eigenvalue weighted by molar-refractivity contribution is 0.1000. The molecular weight excluding hydrogens is 340 g/mol. The van der Waals surface area contributed by atoms with Crippen LogP contribution in [0.2, 0.25) is 0 Å². The van der Waals surface area contributed by atoms with Gasteiger partial charge in [-0.25, -0.2) is 9.78 Å². The first-order chi connectivity index (χ1) is 12.1. The number of carbonyl (C=O) groups is 2. The number of hydrogen-bond acceptors (Lipinski definition) is 5. The van der Waals surface area contributed by atoms with Crippen LogP contribution in [0.1, 0.15) is 21.6 Å². The number of carbonyl (C=O) groups excluding carboxylic acids is 2. The highest BCUT2D eigenvalue weighted by atomic mass is 32.1. The van der Waals surface area contributed by atoms with Crippen LogP contribution < -0.4 is 16.4 Å². The van der Waals surface area contributed by atoms with Crippen LogP contribution in [-0.4, -0.2) is 16.9 Å². The Kier molecular flexibility index (Phi) is 5.10. The molecule has 3 amide bonds. The Hall–Kier alpha value is -3.13. The van der Waals surface area contributed by atoms with E-state index in [9.17, 15) is 9.59 Å². The predicted molar refractivity (Wildman–Crippen MR) is 93.9 cm³/mol. The van der Waals surface area contributed by atoms with Crippen LogP contribution in [0.15, 0.2) is 52.5 Å². The van der Waals surface area contributed by atoms with Crippen molar-refractivity contribution in [1.29, 1.82) is 0 Å². The molecule has 2 heterocycles. The fourth-order valence-electron chi connectivity index (χ4n) is 2.15. The zero-order chi connectivity index (χ0) is 17.6. The summed E-state index contributed by atoms with van der Waals surface area (Å²) in [6.07, 6.45) is 1.52. The third kappa shape index (κ3) is 4.45. The van der Waals surface area contributed by atoms with E-state index in [0.29, 0.717) is 17.1 Å². The molecule has 0 spiro atoms. The Labute approximate surface area is 147 Å². The third-order valence-electron chi connectivity index (χ3n) is 3.38. The first-order valence-corrected chi connectivity index (χ1v) is 8.38. The van der Waals surface area contributed by atoms with Gasteiger partial charge in [0.1, 0.15) is 6.26 Å². The fraction of sp³-hybridized carbons (Fsp3) is 0.118. The summed E-state index contributed by atoms with van der Waals surface area (Å²) >= 11 is 1.53. The second-order valence-corrected chi connectivity index (χ2v) is 6.17. The second-order valence-electron chi connectivity index (χ2n) is 5.22. The Balaban J connectivity index is 1.48. The van der Waals surface area contributed by atoms with E-state index < -0.39 is 5.91 Å². The van der Waals surface area contributed by atoms with Gasteiger partial charge in [-0.05, 0) is 29.1 Å². The van der Waals surface area contributed by atoms with Gasteiger partial charge >= 0.3 is 6.03 Å². The van der Waals surface area contributed by atoms with Crippen molar-refractivity contribution in [2.24, 2.45) is 5.73 Å². The molecule has 0 radical (unpaired) electrons.